The highest BCUT2D eigenvalue weighted by molar-refractivity contribution is 7.15. The van der Waals surface area contributed by atoms with Crippen LogP contribution in [0.2, 0.25) is 0 Å². The fourth-order valence-electron chi connectivity index (χ4n) is 3.40. The smallest absolute Gasteiger partial charge is 0.185 e. The van der Waals surface area contributed by atoms with E-state index in [9.17, 15) is 0 Å². The molecule has 0 unspecified atom stereocenters. The minimum absolute atomic E-state index is 0.646. The summed E-state index contributed by atoms with van der Waals surface area (Å²) in [6, 6.07) is 0. The number of thiazole rings is 1. The van der Waals surface area contributed by atoms with Gasteiger partial charge < -0.3 is 10.2 Å². The lowest BCUT2D eigenvalue weighted by atomic mass is 9.86. The molecule has 2 fully saturated rings. The Bertz CT molecular complexity index is 395. The Morgan fingerprint density at radius 2 is 2.22 bits per heavy atom. The summed E-state index contributed by atoms with van der Waals surface area (Å²) in [6.45, 7) is 6.61. The highest BCUT2D eigenvalue weighted by atomic mass is 32.1. The Hall–Kier alpha value is -0.610. The zero-order valence-electron chi connectivity index (χ0n) is 11.2. The van der Waals surface area contributed by atoms with Gasteiger partial charge in [0.15, 0.2) is 5.13 Å². The molecule has 1 spiro atoms. The van der Waals surface area contributed by atoms with Gasteiger partial charge in [-0.1, -0.05) is 19.8 Å². The fraction of sp³-hybridized carbons (Fsp3) is 0.786. The third kappa shape index (κ3) is 2.41. The van der Waals surface area contributed by atoms with Crippen LogP contribution >= 0.6 is 11.3 Å². The van der Waals surface area contributed by atoms with E-state index in [1.807, 2.05) is 17.5 Å². The highest BCUT2D eigenvalue weighted by Crippen LogP contribution is 2.46. The van der Waals surface area contributed by atoms with Crippen molar-refractivity contribution in [1.29, 1.82) is 0 Å². The third-order valence-electron chi connectivity index (χ3n) is 4.46. The van der Waals surface area contributed by atoms with Gasteiger partial charge in [-0.05, 0) is 31.2 Å². The van der Waals surface area contributed by atoms with Gasteiger partial charge in [-0.15, -0.1) is 11.3 Å². The second-order valence-electron chi connectivity index (χ2n) is 5.77. The van der Waals surface area contributed by atoms with Crippen LogP contribution < -0.4 is 10.2 Å². The first-order valence-corrected chi connectivity index (χ1v) is 8.03. The van der Waals surface area contributed by atoms with E-state index in [1.54, 1.807) is 0 Å². The van der Waals surface area contributed by atoms with Crippen molar-refractivity contribution in [2.45, 2.75) is 45.6 Å². The van der Waals surface area contributed by atoms with Gasteiger partial charge in [-0.2, -0.15) is 0 Å². The predicted molar refractivity (Wildman–Crippen MR) is 77.2 cm³/mol. The van der Waals surface area contributed by atoms with E-state index >= 15 is 0 Å². The van der Waals surface area contributed by atoms with E-state index in [1.165, 1.54) is 55.2 Å². The van der Waals surface area contributed by atoms with E-state index in [0.29, 0.717) is 5.41 Å². The summed E-state index contributed by atoms with van der Waals surface area (Å²) in [5.74, 6) is 0. The maximum Gasteiger partial charge on any atom is 0.185 e. The lowest BCUT2D eigenvalue weighted by molar-refractivity contribution is 0.341. The zero-order valence-corrected chi connectivity index (χ0v) is 12.1. The number of anilines is 1. The molecule has 3 rings (SSSR count). The maximum absolute atomic E-state index is 4.61. The van der Waals surface area contributed by atoms with Crippen molar-refractivity contribution < 1.29 is 0 Å². The molecule has 1 aromatic heterocycles. The Kier molecular flexibility index (Phi) is 3.57. The van der Waals surface area contributed by atoms with E-state index in [0.717, 1.165) is 13.1 Å². The van der Waals surface area contributed by atoms with Crippen LogP contribution in [0.4, 0.5) is 5.13 Å². The van der Waals surface area contributed by atoms with E-state index < -0.39 is 0 Å². The van der Waals surface area contributed by atoms with Crippen molar-refractivity contribution in [2.24, 2.45) is 5.41 Å². The van der Waals surface area contributed by atoms with Gasteiger partial charge in [0.05, 0.1) is 0 Å². The van der Waals surface area contributed by atoms with Crippen molar-refractivity contribution in [3.05, 3.63) is 11.1 Å². The molecule has 1 N–H and O–H groups in total. The summed E-state index contributed by atoms with van der Waals surface area (Å²) in [7, 11) is 0. The molecule has 0 aromatic carbocycles. The molecule has 1 aliphatic carbocycles. The summed E-state index contributed by atoms with van der Waals surface area (Å²) in [5.41, 5.74) is 0.646. The molecule has 0 bridgehead atoms. The largest absolute Gasteiger partial charge is 0.348 e. The predicted octanol–water partition coefficient (Wildman–Crippen LogP) is 3.02. The van der Waals surface area contributed by atoms with Gasteiger partial charge in [-0.3, -0.25) is 0 Å². The SMILES string of the molecule is CCNCc1cnc(N2CCC3(CCCC3)C2)s1. The molecule has 0 atom stereocenters. The van der Waals surface area contributed by atoms with Crippen LogP contribution in [0.1, 0.15) is 43.9 Å². The molecular formula is C14H23N3S. The normalized spacial score (nSPS) is 22.2. The first-order chi connectivity index (χ1) is 8.81. The second kappa shape index (κ2) is 5.17. The van der Waals surface area contributed by atoms with Gasteiger partial charge in [0, 0.05) is 30.7 Å². The maximum atomic E-state index is 4.61. The average Bonchev–Trinajstić information content (AvgIpc) is 3.10. The molecule has 3 nitrogen and oxygen atoms in total. The van der Waals surface area contributed by atoms with Crippen molar-refractivity contribution in [2.75, 3.05) is 24.5 Å². The molecule has 100 valence electrons. The monoisotopic (exact) mass is 265 g/mol. The first-order valence-electron chi connectivity index (χ1n) is 7.22. The number of nitrogens with one attached hydrogen (secondary N) is 1. The Morgan fingerprint density at radius 3 is 3.00 bits per heavy atom. The molecule has 1 saturated heterocycles. The average molecular weight is 265 g/mol. The molecule has 1 aliphatic heterocycles. The van der Waals surface area contributed by atoms with Crippen molar-refractivity contribution in [1.82, 2.24) is 10.3 Å². The highest BCUT2D eigenvalue weighted by Gasteiger charge is 2.40. The van der Waals surface area contributed by atoms with Crippen molar-refractivity contribution in [3.8, 4) is 0 Å². The zero-order chi connectivity index (χ0) is 12.4. The van der Waals surface area contributed by atoms with Gasteiger partial charge in [0.25, 0.3) is 0 Å². The van der Waals surface area contributed by atoms with Gasteiger partial charge in [0.1, 0.15) is 0 Å². The van der Waals surface area contributed by atoms with Crippen LogP contribution in [0, 0.1) is 5.41 Å². The topological polar surface area (TPSA) is 28.2 Å². The molecule has 2 aliphatic rings. The lowest BCUT2D eigenvalue weighted by Crippen LogP contribution is -2.24. The number of nitrogens with zero attached hydrogens (tertiary/aromatic N) is 2. The van der Waals surface area contributed by atoms with Crippen LogP contribution in [0.25, 0.3) is 0 Å². The number of aromatic nitrogens is 1. The van der Waals surface area contributed by atoms with Crippen LogP contribution in [0.5, 0.6) is 0 Å². The molecule has 2 heterocycles. The quantitative estimate of drug-likeness (QED) is 0.907. The van der Waals surface area contributed by atoms with Crippen molar-refractivity contribution >= 4 is 16.5 Å². The Balaban J connectivity index is 1.63. The summed E-state index contributed by atoms with van der Waals surface area (Å²) >= 11 is 1.86. The summed E-state index contributed by atoms with van der Waals surface area (Å²) in [6.07, 6.45) is 9.20. The molecule has 1 saturated carbocycles. The summed E-state index contributed by atoms with van der Waals surface area (Å²) < 4.78 is 0. The minimum atomic E-state index is 0.646. The molecule has 4 heteroatoms. The second-order valence-corrected chi connectivity index (χ2v) is 6.86. The minimum Gasteiger partial charge on any atom is -0.348 e. The number of hydrogen-bond donors (Lipinski definition) is 1. The molecular weight excluding hydrogens is 242 g/mol. The van der Waals surface area contributed by atoms with E-state index in [4.69, 9.17) is 0 Å². The fourth-order valence-corrected chi connectivity index (χ4v) is 4.31. The number of hydrogen-bond acceptors (Lipinski definition) is 4. The van der Waals surface area contributed by atoms with Crippen LogP contribution in [0.15, 0.2) is 6.20 Å². The number of rotatable bonds is 4. The van der Waals surface area contributed by atoms with Gasteiger partial charge >= 0.3 is 0 Å². The lowest BCUT2D eigenvalue weighted by Gasteiger charge is -2.23. The first kappa shape index (κ1) is 12.4. The van der Waals surface area contributed by atoms with E-state index in [-0.39, 0.29) is 0 Å². The van der Waals surface area contributed by atoms with Crippen LogP contribution in [0.3, 0.4) is 0 Å². The Morgan fingerprint density at radius 1 is 1.39 bits per heavy atom. The van der Waals surface area contributed by atoms with E-state index in [2.05, 4.69) is 22.1 Å². The van der Waals surface area contributed by atoms with Crippen molar-refractivity contribution in [3.63, 3.8) is 0 Å². The van der Waals surface area contributed by atoms with Crippen LogP contribution in [-0.4, -0.2) is 24.6 Å². The van der Waals surface area contributed by atoms with Gasteiger partial charge in [-0.25, -0.2) is 4.98 Å². The Labute approximate surface area is 114 Å². The molecule has 0 amide bonds. The third-order valence-corrected chi connectivity index (χ3v) is 5.52. The molecule has 1 aromatic rings. The summed E-state index contributed by atoms with van der Waals surface area (Å²) in [4.78, 5) is 8.49. The molecule has 18 heavy (non-hydrogen) atoms. The van der Waals surface area contributed by atoms with Crippen LogP contribution in [-0.2, 0) is 6.54 Å². The summed E-state index contributed by atoms with van der Waals surface area (Å²) in [5, 5.41) is 4.61. The standard InChI is InChI=1S/C14H23N3S/c1-2-15-9-12-10-16-13(18-12)17-8-7-14(11-17)5-3-4-6-14/h10,15H,2-9,11H2,1H3. The molecule has 0 radical (unpaired) electrons. The van der Waals surface area contributed by atoms with Gasteiger partial charge in [0.2, 0.25) is 0 Å².